The number of halogens is 1. The number of nitrogens with zero attached hydrogens (tertiary/aromatic N) is 2. The molecule has 1 aromatic heterocycles. The van der Waals surface area contributed by atoms with E-state index in [0.717, 1.165) is 35.9 Å². The maximum absolute atomic E-state index is 13.7. The van der Waals surface area contributed by atoms with Gasteiger partial charge in [-0.1, -0.05) is 44.2 Å². The smallest absolute Gasteiger partial charge is 0.270 e. The number of rotatable bonds is 5. The molecule has 2 fully saturated rings. The van der Waals surface area contributed by atoms with Gasteiger partial charge < -0.3 is 14.8 Å². The first-order chi connectivity index (χ1) is 16.3. The number of aromatic amines is 1. The Morgan fingerprint density at radius 3 is 2.50 bits per heavy atom. The van der Waals surface area contributed by atoms with E-state index in [-0.39, 0.29) is 23.7 Å². The lowest BCUT2D eigenvalue weighted by Crippen LogP contribution is -2.47. The topological polar surface area (TPSA) is 56.4 Å². The van der Waals surface area contributed by atoms with Crippen molar-refractivity contribution < 1.29 is 14.0 Å². The van der Waals surface area contributed by atoms with E-state index < -0.39 is 5.41 Å². The molecule has 1 N–H and O–H groups in total. The lowest BCUT2D eigenvalue weighted by molar-refractivity contribution is -0.139. The zero-order valence-electron chi connectivity index (χ0n) is 19.9. The molecule has 2 saturated heterocycles. The van der Waals surface area contributed by atoms with Crippen molar-refractivity contribution in [1.29, 1.82) is 0 Å². The zero-order valence-corrected chi connectivity index (χ0v) is 19.9. The summed E-state index contributed by atoms with van der Waals surface area (Å²) in [6.07, 6.45) is 2.90. The number of benzene rings is 2. The number of H-pyrrole nitrogens is 1. The van der Waals surface area contributed by atoms with Crippen molar-refractivity contribution >= 4 is 22.7 Å². The van der Waals surface area contributed by atoms with Gasteiger partial charge in [-0.2, -0.15) is 0 Å². The third-order valence-corrected chi connectivity index (χ3v) is 7.50. The van der Waals surface area contributed by atoms with Gasteiger partial charge in [-0.05, 0) is 61.4 Å². The molecule has 3 aromatic rings. The van der Waals surface area contributed by atoms with E-state index in [1.807, 2.05) is 47.4 Å². The fraction of sp³-hybridized carbons (Fsp3) is 0.429. The first kappa shape index (κ1) is 22.6. The average molecular weight is 462 g/mol. The first-order valence-corrected chi connectivity index (χ1v) is 12.3. The number of nitrogens with one attached hydrogen (secondary N) is 1. The SMILES string of the molecule is CC(C)CN1C(=O)C2(CCN(C(=O)c3cc4ccccc4[nH]3)CC2)CC1Cc1ccc(F)cc1. The van der Waals surface area contributed by atoms with Crippen LogP contribution in [0.2, 0.25) is 0 Å². The van der Waals surface area contributed by atoms with Crippen LogP contribution in [0, 0.1) is 17.2 Å². The minimum Gasteiger partial charge on any atom is -0.351 e. The summed E-state index contributed by atoms with van der Waals surface area (Å²) in [7, 11) is 0. The van der Waals surface area contributed by atoms with E-state index >= 15 is 0 Å². The molecule has 2 aliphatic rings. The van der Waals surface area contributed by atoms with Gasteiger partial charge >= 0.3 is 0 Å². The monoisotopic (exact) mass is 461 g/mol. The molecule has 0 saturated carbocycles. The van der Waals surface area contributed by atoms with Crippen LogP contribution in [0.1, 0.15) is 49.2 Å². The minimum absolute atomic E-state index is 0.00149. The summed E-state index contributed by atoms with van der Waals surface area (Å²) in [4.78, 5) is 34.0. The predicted molar refractivity (Wildman–Crippen MR) is 131 cm³/mol. The molecule has 178 valence electrons. The van der Waals surface area contributed by atoms with Gasteiger partial charge in [-0.3, -0.25) is 9.59 Å². The molecule has 0 radical (unpaired) electrons. The number of amides is 2. The number of piperidine rings is 1. The van der Waals surface area contributed by atoms with Crippen LogP contribution in [-0.2, 0) is 11.2 Å². The standard InChI is InChI=1S/C28H32FN3O2/c1-19(2)18-32-23(15-20-7-9-22(29)10-8-20)17-28(27(32)34)11-13-31(14-12-28)26(33)25-16-21-5-3-4-6-24(21)30-25/h3-10,16,19,23,30H,11-15,17-18H2,1-2H3. The highest BCUT2D eigenvalue weighted by molar-refractivity contribution is 5.98. The molecule has 5 nitrogen and oxygen atoms in total. The zero-order chi connectivity index (χ0) is 23.9. The van der Waals surface area contributed by atoms with Crippen molar-refractivity contribution in [3.8, 4) is 0 Å². The Kier molecular flexibility index (Phi) is 5.92. The van der Waals surface area contributed by atoms with E-state index in [1.54, 1.807) is 0 Å². The summed E-state index contributed by atoms with van der Waals surface area (Å²) in [5.41, 5.74) is 2.21. The molecule has 0 bridgehead atoms. The van der Waals surface area contributed by atoms with Crippen LogP contribution in [0.3, 0.4) is 0 Å². The second-order valence-corrected chi connectivity index (χ2v) is 10.4. The number of hydrogen-bond donors (Lipinski definition) is 1. The Labute approximate surface area is 199 Å². The molecular formula is C28H32FN3O2. The molecule has 2 amide bonds. The molecule has 2 aromatic carbocycles. The van der Waals surface area contributed by atoms with Crippen molar-refractivity contribution in [2.45, 2.75) is 45.6 Å². The highest BCUT2D eigenvalue weighted by Gasteiger charge is 2.52. The number of fused-ring (bicyclic) bond motifs is 1. The van der Waals surface area contributed by atoms with E-state index in [1.165, 1.54) is 12.1 Å². The first-order valence-electron chi connectivity index (χ1n) is 12.3. The number of para-hydroxylation sites is 1. The van der Waals surface area contributed by atoms with Crippen molar-refractivity contribution in [1.82, 2.24) is 14.8 Å². The minimum atomic E-state index is -0.406. The number of aromatic nitrogens is 1. The van der Waals surface area contributed by atoms with Crippen LogP contribution >= 0.6 is 0 Å². The highest BCUT2D eigenvalue weighted by Crippen LogP contribution is 2.45. The molecule has 1 unspecified atom stereocenters. The fourth-order valence-electron chi connectivity index (χ4n) is 5.73. The van der Waals surface area contributed by atoms with Crippen molar-refractivity contribution in [2.75, 3.05) is 19.6 Å². The average Bonchev–Trinajstić information content (AvgIpc) is 3.36. The van der Waals surface area contributed by atoms with Crippen LogP contribution in [0.15, 0.2) is 54.6 Å². The Bertz CT molecular complexity index is 1160. The second-order valence-electron chi connectivity index (χ2n) is 10.4. The maximum atomic E-state index is 13.7. The maximum Gasteiger partial charge on any atom is 0.270 e. The molecule has 1 spiro atoms. The van der Waals surface area contributed by atoms with Gasteiger partial charge in [0.05, 0.1) is 5.41 Å². The molecule has 3 heterocycles. The third-order valence-electron chi connectivity index (χ3n) is 7.50. The van der Waals surface area contributed by atoms with Gasteiger partial charge in [0, 0.05) is 36.6 Å². The van der Waals surface area contributed by atoms with Crippen LogP contribution < -0.4 is 0 Å². The summed E-state index contributed by atoms with van der Waals surface area (Å²) in [5.74, 6) is 0.358. The number of likely N-dealkylation sites (tertiary alicyclic amines) is 2. The normalized spacial score (nSPS) is 20.1. The van der Waals surface area contributed by atoms with Crippen molar-refractivity contribution in [3.05, 3.63) is 71.7 Å². The summed E-state index contributed by atoms with van der Waals surface area (Å²) < 4.78 is 13.4. The van der Waals surface area contributed by atoms with Crippen LogP contribution in [-0.4, -0.2) is 52.3 Å². The molecule has 2 aliphatic heterocycles. The summed E-state index contributed by atoms with van der Waals surface area (Å²) >= 11 is 0. The Morgan fingerprint density at radius 1 is 1.12 bits per heavy atom. The fourth-order valence-corrected chi connectivity index (χ4v) is 5.73. The summed E-state index contributed by atoms with van der Waals surface area (Å²) in [5, 5.41) is 1.03. The molecule has 0 aliphatic carbocycles. The lowest BCUT2D eigenvalue weighted by Gasteiger charge is -2.38. The van der Waals surface area contributed by atoms with Gasteiger partial charge in [0.1, 0.15) is 11.5 Å². The van der Waals surface area contributed by atoms with E-state index in [0.29, 0.717) is 37.5 Å². The Balaban J connectivity index is 1.30. The quantitative estimate of drug-likeness (QED) is 0.580. The molecule has 5 rings (SSSR count). The Hall–Kier alpha value is -3.15. The van der Waals surface area contributed by atoms with Crippen LogP contribution in [0.25, 0.3) is 10.9 Å². The molecule has 1 atom stereocenters. The van der Waals surface area contributed by atoms with E-state index in [4.69, 9.17) is 0 Å². The Morgan fingerprint density at radius 2 is 1.82 bits per heavy atom. The largest absolute Gasteiger partial charge is 0.351 e. The van der Waals surface area contributed by atoms with Gasteiger partial charge in [0.2, 0.25) is 5.91 Å². The number of hydrogen-bond acceptors (Lipinski definition) is 2. The van der Waals surface area contributed by atoms with Crippen molar-refractivity contribution in [2.24, 2.45) is 11.3 Å². The molecule has 6 heteroatoms. The summed E-state index contributed by atoms with van der Waals surface area (Å²) in [6.45, 7) is 6.16. The highest BCUT2D eigenvalue weighted by atomic mass is 19.1. The third kappa shape index (κ3) is 4.22. The van der Waals surface area contributed by atoms with Gasteiger partial charge in [-0.25, -0.2) is 4.39 Å². The molecule has 34 heavy (non-hydrogen) atoms. The predicted octanol–water partition coefficient (Wildman–Crippen LogP) is 5.03. The lowest BCUT2D eigenvalue weighted by atomic mass is 9.75. The molecular weight excluding hydrogens is 429 g/mol. The van der Waals surface area contributed by atoms with Gasteiger partial charge in [0.15, 0.2) is 0 Å². The van der Waals surface area contributed by atoms with E-state index in [2.05, 4.69) is 23.7 Å². The van der Waals surface area contributed by atoms with Gasteiger partial charge in [0.25, 0.3) is 5.91 Å². The van der Waals surface area contributed by atoms with Crippen LogP contribution in [0.4, 0.5) is 4.39 Å². The van der Waals surface area contributed by atoms with E-state index in [9.17, 15) is 14.0 Å². The van der Waals surface area contributed by atoms with Crippen molar-refractivity contribution in [3.63, 3.8) is 0 Å². The van der Waals surface area contributed by atoms with Crippen LogP contribution in [0.5, 0.6) is 0 Å². The summed E-state index contributed by atoms with van der Waals surface area (Å²) in [6, 6.07) is 16.5. The van der Waals surface area contributed by atoms with Gasteiger partial charge in [-0.15, -0.1) is 0 Å². The number of carbonyl (C=O) groups excluding carboxylic acids is 2. The number of carbonyl (C=O) groups is 2. The second kappa shape index (κ2) is 8.90.